The zero-order chi connectivity index (χ0) is 14.8. The molecule has 2 aromatic carbocycles. The molecule has 1 amide bonds. The van der Waals surface area contributed by atoms with E-state index in [-0.39, 0.29) is 11.7 Å². The minimum Gasteiger partial charge on any atom is -0.507 e. The fourth-order valence-electron chi connectivity index (χ4n) is 2.33. The molecule has 2 aromatic rings. The highest BCUT2D eigenvalue weighted by atomic mass is 127. The van der Waals surface area contributed by atoms with Crippen molar-refractivity contribution in [2.24, 2.45) is 0 Å². The van der Waals surface area contributed by atoms with Crippen LogP contribution in [0.3, 0.4) is 0 Å². The van der Waals surface area contributed by atoms with Gasteiger partial charge in [-0.2, -0.15) is 0 Å². The Labute approximate surface area is 136 Å². The van der Waals surface area contributed by atoms with E-state index in [1.54, 1.807) is 17.0 Å². The maximum Gasteiger partial charge on any atom is 0.254 e. The molecule has 0 aliphatic carbocycles. The Balaban J connectivity index is 1.86. The number of fused-ring (bicyclic) bond motifs is 1. The Morgan fingerprint density at radius 1 is 1.24 bits per heavy atom. The van der Waals surface area contributed by atoms with Gasteiger partial charge in [-0.3, -0.25) is 4.79 Å². The molecule has 0 radical (unpaired) electrons. The molecule has 1 N–H and O–H groups in total. The second kappa shape index (κ2) is 5.93. The van der Waals surface area contributed by atoms with Crippen molar-refractivity contribution in [3.63, 3.8) is 0 Å². The number of amides is 1. The monoisotopic (exact) mass is 395 g/mol. The van der Waals surface area contributed by atoms with Gasteiger partial charge in [0.1, 0.15) is 18.1 Å². The van der Waals surface area contributed by atoms with Crippen molar-refractivity contribution in [2.75, 3.05) is 13.2 Å². The third kappa shape index (κ3) is 2.97. The second-order valence-electron chi connectivity index (χ2n) is 4.85. The Bertz CT molecular complexity index is 687. The summed E-state index contributed by atoms with van der Waals surface area (Å²) < 4.78 is 6.39. The van der Waals surface area contributed by atoms with Gasteiger partial charge in [-0.15, -0.1) is 0 Å². The van der Waals surface area contributed by atoms with E-state index in [1.165, 1.54) is 6.07 Å². The molecular weight excluding hydrogens is 381 g/mol. The normalized spacial score (nSPS) is 14.0. The van der Waals surface area contributed by atoms with E-state index in [0.29, 0.717) is 25.3 Å². The van der Waals surface area contributed by atoms with E-state index >= 15 is 0 Å². The van der Waals surface area contributed by atoms with Crippen molar-refractivity contribution in [2.45, 2.75) is 6.54 Å². The maximum atomic E-state index is 12.6. The van der Waals surface area contributed by atoms with E-state index in [1.807, 2.05) is 46.9 Å². The van der Waals surface area contributed by atoms with Gasteiger partial charge in [0, 0.05) is 17.7 Å². The van der Waals surface area contributed by atoms with Gasteiger partial charge in [-0.25, -0.2) is 0 Å². The summed E-state index contributed by atoms with van der Waals surface area (Å²) in [7, 11) is 0. The first-order chi connectivity index (χ1) is 10.1. The molecule has 0 fully saturated rings. The molecule has 3 rings (SSSR count). The fraction of sp³-hybridized carbons (Fsp3) is 0.188. The molecule has 0 spiro atoms. The highest BCUT2D eigenvalue weighted by molar-refractivity contribution is 14.1. The van der Waals surface area contributed by atoms with Crippen molar-refractivity contribution >= 4 is 28.5 Å². The van der Waals surface area contributed by atoms with Crippen LogP contribution in [0.2, 0.25) is 0 Å². The van der Waals surface area contributed by atoms with Gasteiger partial charge < -0.3 is 14.7 Å². The van der Waals surface area contributed by atoms with Gasteiger partial charge >= 0.3 is 0 Å². The number of para-hydroxylation sites is 1. The number of nitrogens with zero attached hydrogens (tertiary/aromatic N) is 1. The third-order valence-electron chi connectivity index (χ3n) is 3.43. The maximum absolute atomic E-state index is 12.6. The number of benzene rings is 2. The number of hydrogen-bond donors (Lipinski definition) is 1. The van der Waals surface area contributed by atoms with E-state index < -0.39 is 0 Å². The summed E-state index contributed by atoms with van der Waals surface area (Å²) in [6.45, 7) is 1.52. The zero-order valence-corrected chi connectivity index (χ0v) is 13.4. The van der Waals surface area contributed by atoms with Crippen LogP contribution in [0.15, 0.2) is 42.5 Å². The number of aromatic hydroxyl groups is 1. The molecule has 1 aliphatic rings. The van der Waals surface area contributed by atoms with Crippen LogP contribution in [0, 0.1) is 3.57 Å². The van der Waals surface area contributed by atoms with Crippen LogP contribution in [0.1, 0.15) is 15.9 Å². The molecule has 0 unspecified atom stereocenters. The number of carbonyl (C=O) groups excluding carboxylic acids is 1. The molecule has 0 saturated carbocycles. The Hall–Kier alpha value is -1.76. The molecule has 21 heavy (non-hydrogen) atoms. The zero-order valence-electron chi connectivity index (χ0n) is 11.3. The van der Waals surface area contributed by atoms with Crippen LogP contribution < -0.4 is 4.74 Å². The van der Waals surface area contributed by atoms with Crippen molar-refractivity contribution < 1.29 is 14.6 Å². The number of rotatable bonds is 1. The lowest BCUT2D eigenvalue weighted by molar-refractivity contribution is 0.0733. The minimum atomic E-state index is -0.0954. The summed E-state index contributed by atoms with van der Waals surface area (Å²) >= 11 is 2.03. The summed E-state index contributed by atoms with van der Waals surface area (Å²) in [5.41, 5.74) is 1.49. The van der Waals surface area contributed by atoms with Crippen LogP contribution in [0.5, 0.6) is 11.5 Å². The van der Waals surface area contributed by atoms with E-state index in [9.17, 15) is 9.90 Å². The SMILES string of the molecule is O=C(c1ccc(I)c(O)c1)N1CCOc2ccccc2C1. The van der Waals surface area contributed by atoms with Crippen LogP contribution in [-0.2, 0) is 6.54 Å². The first-order valence-electron chi connectivity index (χ1n) is 6.63. The number of phenolic OH excluding ortho intramolecular Hbond substituents is 1. The minimum absolute atomic E-state index is 0.0954. The third-order valence-corrected chi connectivity index (χ3v) is 4.35. The number of hydrogen-bond acceptors (Lipinski definition) is 3. The quantitative estimate of drug-likeness (QED) is 0.756. The first kappa shape index (κ1) is 14.2. The lowest BCUT2D eigenvalue weighted by Gasteiger charge is -2.20. The summed E-state index contributed by atoms with van der Waals surface area (Å²) in [5.74, 6) is 0.869. The predicted molar refractivity (Wildman–Crippen MR) is 87.5 cm³/mol. The van der Waals surface area contributed by atoms with Crippen molar-refractivity contribution in [1.29, 1.82) is 0 Å². The average Bonchev–Trinajstić information content (AvgIpc) is 2.71. The number of phenols is 1. The molecule has 0 bridgehead atoms. The number of carbonyl (C=O) groups is 1. The van der Waals surface area contributed by atoms with Gasteiger partial charge in [-0.05, 0) is 46.9 Å². The predicted octanol–water partition coefficient (Wildman–Crippen LogP) is 3.03. The Morgan fingerprint density at radius 2 is 2.05 bits per heavy atom. The smallest absolute Gasteiger partial charge is 0.254 e. The van der Waals surface area contributed by atoms with Gasteiger partial charge in [-0.1, -0.05) is 18.2 Å². The summed E-state index contributed by atoms with van der Waals surface area (Å²) in [4.78, 5) is 14.3. The van der Waals surface area contributed by atoms with Crippen LogP contribution in [0.25, 0.3) is 0 Å². The average molecular weight is 395 g/mol. The van der Waals surface area contributed by atoms with Crippen molar-refractivity contribution in [3.8, 4) is 11.5 Å². The van der Waals surface area contributed by atoms with Gasteiger partial charge in [0.15, 0.2) is 0 Å². The number of ether oxygens (including phenoxy) is 1. The van der Waals surface area contributed by atoms with Crippen molar-refractivity contribution in [1.82, 2.24) is 4.90 Å². The van der Waals surface area contributed by atoms with Gasteiger partial charge in [0.25, 0.3) is 5.91 Å². The van der Waals surface area contributed by atoms with Gasteiger partial charge in [0.05, 0.1) is 10.1 Å². The van der Waals surface area contributed by atoms with Crippen LogP contribution in [0.4, 0.5) is 0 Å². The Kier molecular flexibility index (Phi) is 4.01. The highest BCUT2D eigenvalue weighted by Gasteiger charge is 2.21. The largest absolute Gasteiger partial charge is 0.507 e. The van der Waals surface area contributed by atoms with E-state index in [4.69, 9.17) is 4.74 Å². The first-order valence-corrected chi connectivity index (χ1v) is 7.71. The molecular formula is C16H14INO3. The molecule has 0 saturated heterocycles. The molecule has 0 atom stereocenters. The topological polar surface area (TPSA) is 49.8 Å². The molecule has 1 heterocycles. The summed E-state index contributed by atoms with van der Waals surface area (Å²) in [6.07, 6.45) is 0. The number of halogens is 1. The Morgan fingerprint density at radius 3 is 2.86 bits per heavy atom. The standard InChI is InChI=1S/C16H14INO3/c17-13-6-5-11(9-14(13)19)16(20)18-7-8-21-15-4-2-1-3-12(15)10-18/h1-6,9,19H,7-8,10H2. The van der Waals surface area contributed by atoms with Crippen molar-refractivity contribution in [3.05, 3.63) is 57.2 Å². The molecule has 1 aliphatic heterocycles. The second-order valence-corrected chi connectivity index (χ2v) is 6.01. The lowest BCUT2D eigenvalue weighted by Crippen LogP contribution is -2.32. The summed E-state index contributed by atoms with van der Waals surface area (Å²) in [5, 5.41) is 9.76. The van der Waals surface area contributed by atoms with Crippen LogP contribution in [-0.4, -0.2) is 29.1 Å². The molecule has 5 heteroatoms. The van der Waals surface area contributed by atoms with Crippen LogP contribution >= 0.6 is 22.6 Å². The lowest BCUT2D eigenvalue weighted by atomic mass is 10.1. The van der Waals surface area contributed by atoms with E-state index in [0.717, 1.165) is 14.9 Å². The fourth-order valence-corrected chi connectivity index (χ4v) is 2.66. The van der Waals surface area contributed by atoms with E-state index in [2.05, 4.69) is 0 Å². The highest BCUT2D eigenvalue weighted by Crippen LogP contribution is 2.25. The van der Waals surface area contributed by atoms with Gasteiger partial charge in [0.2, 0.25) is 0 Å². The molecule has 108 valence electrons. The molecule has 0 aromatic heterocycles. The molecule has 4 nitrogen and oxygen atoms in total. The summed E-state index contributed by atoms with van der Waals surface area (Å²) in [6, 6.07) is 12.7.